The van der Waals surface area contributed by atoms with Crippen LogP contribution in [0.5, 0.6) is 0 Å². The van der Waals surface area contributed by atoms with Crippen LogP contribution in [0.2, 0.25) is 0 Å². The second-order valence-electron chi connectivity index (χ2n) is 9.40. The molecule has 2 bridgehead atoms. The summed E-state index contributed by atoms with van der Waals surface area (Å²) in [5.74, 6) is -1.45. The number of Topliss-reactive ketones (excluding diaryl/α,β-unsaturated/α-hetero) is 3. The lowest BCUT2D eigenvalue weighted by molar-refractivity contribution is -0.154. The van der Waals surface area contributed by atoms with Gasteiger partial charge in [-0.3, -0.25) is 14.4 Å². The van der Waals surface area contributed by atoms with Crippen molar-refractivity contribution in [1.82, 2.24) is 0 Å². The van der Waals surface area contributed by atoms with E-state index >= 15 is 0 Å². The first-order valence-electron chi connectivity index (χ1n) is 9.96. The third-order valence-electron chi connectivity index (χ3n) is 6.80. The van der Waals surface area contributed by atoms with Gasteiger partial charge in [0.15, 0.2) is 11.6 Å². The molecule has 0 heterocycles. The van der Waals surface area contributed by atoms with Crippen molar-refractivity contribution in [2.24, 2.45) is 28.6 Å². The highest BCUT2D eigenvalue weighted by atomic mass is 16.1. The van der Waals surface area contributed by atoms with Gasteiger partial charge in [0.25, 0.3) is 0 Å². The molecular formula is C25H26O3. The maximum absolute atomic E-state index is 13.6. The molecule has 0 saturated heterocycles. The van der Waals surface area contributed by atoms with Crippen LogP contribution in [-0.2, 0) is 4.79 Å². The van der Waals surface area contributed by atoms with Gasteiger partial charge >= 0.3 is 0 Å². The molecule has 3 saturated carbocycles. The molecule has 0 amide bonds. The zero-order valence-electron chi connectivity index (χ0n) is 16.6. The van der Waals surface area contributed by atoms with Crippen LogP contribution < -0.4 is 0 Å². The van der Waals surface area contributed by atoms with Crippen molar-refractivity contribution in [3.63, 3.8) is 0 Å². The van der Waals surface area contributed by atoms with E-state index in [-0.39, 0.29) is 22.8 Å². The van der Waals surface area contributed by atoms with Crippen molar-refractivity contribution in [2.75, 3.05) is 0 Å². The summed E-state index contributed by atoms with van der Waals surface area (Å²) < 4.78 is 0. The van der Waals surface area contributed by atoms with E-state index in [2.05, 4.69) is 13.8 Å². The molecule has 0 aromatic heterocycles. The summed E-state index contributed by atoms with van der Waals surface area (Å²) in [6.45, 7) is 6.17. The second kappa shape index (κ2) is 6.51. The van der Waals surface area contributed by atoms with Crippen molar-refractivity contribution in [3.05, 3.63) is 71.8 Å². The summed E-state index contributed by atoms with van der Waals surface area (Å²) in [6, 6.07) is 18.3. The van der Waals surface area contributed by atoms with Crippen molar-refractivity contribution in [2.45, 2.75) is 33.6 Å². The Morgan fingerprint density at radius 2 is 1.32 bits per heavy atom. The standard InChI is InChI=1S/C25H26O3/c1-24(2)15-25(3)14-18(26)20(24)19(22(27)16-10-6-4-7-11-16)21(25)23(28)17-12-8-5-9-13-17/h4-13,19-21H,14-15H2,1-3H3/t19-,20+,21-,25+/m1/s1. The molecule has 144 valence electrons. The maximum atomic E-state index is 13.6. The average Bonchev–Trinajstić information content (AvgIpc) is 2.66. The third-order valence-corrected chi connectivity index (χ3v) is 6.80. The van der Waals surface area contributed by atoms with Gasteiger partial charge in [-0.15, -0.1) is 0 Å². The second-order valence-corrected chi connectivity index (χ2v) is 9.40. The minimum Gasteiger partial charge on any atom is -0.299 e. The van der Waals surface area contributed by atoms with Crippen LogP contribution >= 0.6 is 0 Å². The highest BCUT2D eigenvalue weighted by Gasteiger charge is 2.65. The number of carbonyl (C=O) groups excluding carboxylic acids is 3. The predicted molar refractivity (Wildman–Crippen MR) is 108 cm³/mol. The van der Waals surface area contributed by atoms with Gasteiger partial charge in [0, 0.05) is 35.3 Å². The number of ketones is 3. The number of hydrogen-bond acceptors (Lipinski definition) is 3. The van der Waals surface area contributed by atoms with Crippen LogP contribution in [0.15, 0.2) is 60.7 Å². The van der Waals surface area contributed by atoms with Gasteiger partial charge in [0.05, 0.1) is 0 Å². The monoisotopic (exact) mass is 374 g/mol. The molecule has 3 fully saturated rings. The lowest BCUT2D eigenvalue weighted by Crippen LogP contribution is -2.62. The van der Waals surface area contributed by atoms with Gasteiger partial charge in [-0.05, 0) is 17.3 Å². The van der Waals surface area contributed by atoms with Gasteiger partial charge in [-0.25, -0.2) is 0 Å². The van der Waals surface area contributed by atoms with Crippen LogP contribution in [0.25, 0.3) is 0 Å². The van der Waals surface area contributed by atoms with Gasteiger partial charge in [0.2, 0.25) is 0 Å². The van der Waals surface area contributed by atoms with E-state index < -0.39 is 23.2 Å². The average molecular weight is 374 g/mol. The summed E-state index contributed by atoms with van der Waals surface area (Å²) in [6.07, 6.45) is 1.15. The van der Waals surface area contributed by atoms with Crippen LogP contribution in [0.4, 0.5) is 0 Å². The molecule has 2 aromatic rings. The number of benzene rings is 2. The normalized spacial score (nSPS) is 30.8. The fourth-order valence-corrected chi connectivity index (χ4v) is 6.05. The Hall–Kier alpha value is -2.55. The van der Waals surface area contributed by atoms with Gasteiger partial charge in [-0.2, -0.15) is 0 Å². The predicted octanol–water partition coefficient (Wildman–Crippen LogP) is 5.01. The lowest BCUT2D eigenvalue weighted by Gasteiger charge is -2.59. The van der Waals surface area contributed by atoms with Crippen molar-refractivity contribution < 1.29 is 14.4 Å². The van der Waals surface area contributed by atoms with Gasteiger partial charge in [-0.1, -0.05) is 81.4 Å². The lowest BCUT2D eigenvalue weighted by atomic mass is 9.41. The fourth-order valence-electron chi connectivity index (χ4n) is 6.05. The molecule has 3 heteroatoms. The number of hydrogen-bond donors (Lipinski definition) is 0. The Morgan fingerprint density at radius 3 is 1.82 bits per heavy atom. The first kappa shape index (κ1) is 18.8. The van der Waals surface area contributed by atoms with E-state index in [4.69, 9.17) is 0 Å². The molecule has 3 aliphatic rings. The van der Waals surface area contributed by atoms with E-state index in [0.29, 0.717) is 17.5 Å². The molecule has 3 aliphatic carbocycles. The smallest absolute Gasteiger partial charge is 0.167 e. The van der Waals surface area contributed by atoms with E-state index in [1.807, 2.05) is 55.5 Å². The summed E-state index contributed by atoms with van der Waals surface area (Å²) in [5, 5.41) is 0. The zero-order valence-corrected chi connectivity index (χ0v) is 16.6. The van der Waals surface area contributed by atoms with Crippen LogP contribution in [0.1, 0.15) is 54.3 Å². The zero-order chi connectivity index (χ0) is 20.1. The Kier molecular flexibility index (Phi) is 4.37. The molecule has 3 nitrogen and oxygen atoms in total. The van der Waals surface area contributed by atoms with E-state index in [1.54, 1.807) is 12.1 Å². The summed E-state index contributed by atoms with van der Waals surface area (Å²) in [7, 11) is 0. The minimum atomic E-state index is -0.606. The molecule has 0 N–H and O–H groups in total. The molecule has 0 radical (unpaired) electrons. The highest BCUT2D eigenvalue weighted by molar-refractivity contribution is 6.09. The molecule has 2 aromatic carbocycles. The Balaban J connectivity index is 1.86. The molecule has 0 aliphatic heterocycles. The van der Waals surface area contributed by atoms with E-state index in [1.165, 1.54) is 0 Å². The maximum Gasteiger partial charge on any atom is 0.167 e. The molecule has 0 spiro atoms. The Bertz CT molecular complexity index is 929. The number of carbonyl (C=O) groups is 3. The van der Waals surface area contributed by atoms with Crippen molar-refractivity contribution in [1.29, 1.82) is 0 Å². The van der Waals surface area contributed by atoms with Crippen LogP contribution in [0.3, 0.4) is 0 Å². The highest BCUT2D eigenvalue weighted by Crippen LogP contribution is 2.63. The van der Waals surface area contributed by atoms with Crippen molar-refractivity contribution in [3.8, 4) is 0 Å². The molecule has 0 unspecified atom stereocenters. The van der Waals surface area contributed by atoms with E-state index in [0.717, 1.165) is 6.42 Å². The first-order chi connectivity index (χ1) is 13.2. The van der Waals surface area contributed by atoms with Crippen LogP contribution in [-0.4, -0.2) is 17.3 Å². The molecule has 4 atom stereocenters. The summed E-state index contributed by atoms with van der Waals surface area (Å²) >= 11 is 0. The molecular weight excluding hydrogens is 348 g/mol. The van der Waals surface area contributed by atoms with Crippen molar-refractivity contribution >= 4 is 17.3 Å². The third kappa shape index (κ3) is 2.85. The molecule has 5 rings (SSSR count). The first-order valence-corrected chi connectivity index (χ1v) is 9.96. The summed E-state index contributed by atoms with van der Waals surface area (Å²) in [5.41, 5.74) is 0.403. The Labute approximate surface area is 166 Å². The fraction of sp³-hybridized carbons (Fsp3) is 0.400. The summed E-state index contributed by atoms with van der Waals surface area (Å²) in [4.78, 5) is 40.3. The van der Waals surface area contributed by atoms with Gasteiger partial charge in [0.1, 0.15) is 5.78 Å². The molecule has 28 heavy (non-hydrogen) atoms. The topological polar surface area (TPSA) is 51.2 Å². The van der Waals surface area contributed by atoms with Crippen LogP contribution in [0, 0.1) is 28.6 Å². The minimum absolute atomic E-state index is 0.00891. The number of fused-ring (bicyclic) bond motifs is 3. The number of rotatable bonds is 4. The van der Waals surface area contributed by atoms with E-state index in [9.17, 15) is 14.4 Å². The quantitative estimate of drug-likeness (QED) is 0.707. The largest absolute Gasteiger partial charge is 0.299 e. The SMILES string of the molecule is CC1(C)C[C@]2(C)CC(=O)[C@H]1[C@@H](C(=O)c1ccccc1)[C@@H]2C(=O)c1ccccc1. The Morgan fingerprint density at radius 1 is 0.821 bits per heavy atom. The van der Waals surface area contributed by atoms with Gasteiger partial charge < -0.3 is 0 Å².